The number of hydrogen-bond acceptors (Lipinski definition) is 0. The second-order valence-corrected chi connectivity index (χ2v) is 5.33. The molecule has 0 amide bonds. The summed E-state index contributed by atoms with van der Waals surface area (Å²) in [5.41, 5.74) is 2.73. The van der Waals surface area contributed by atoms with Gasteiger partial charge >= 0.3 is 0 Å². The van der Waals surface area contributed by atoms with Gasteiger partial charge in [0.15, 0.2) is 0 Å². The van der Waals surface area contributed by atoms with Crippen LogP contribution in [0.15, 0.2) is 55.1 Å². The molecule has 0 unspecified atom stereocenters. The standard InChI is InChI=1S/C20H20/c1-3-5-8-15-11-14-20-18-10-7-6-9-16(18)12-13-19(20)17(15)4-2/h4,6-7,9-14H,2-3,5,8H2,1H3. The molecule has 0 N–H and O–H groups in total. The smallest absolute Gasteiger partial charge is 0.00992 e. The molecule has 100 valence electrons. The number of rotatable bonds is 4. The number of fused-ring (bicyclic) bond motifs is 3. The maximum Gasteiger partial charge on any atom is -0.00992 e. The first-order valence-electron chi connectivity index (χ1n) is 7.41. The van der Waals surface area contributed by atoms with E-state index in [1.807, 2.05) is 6.08 Å². The fourth-order valence-corrected chi connectivity index (χ4v) is 2.98. The molecule has 0 bridgehead atoms. The zero-order valence-electron chi connectivity index (χ0n) is 12.0. The van der Waals surface area contributed by atoms with Crippen molar-refractivity contribution in [2.45, 2.75) is 26.2 Å². The normalized spacial score (nSPS) is 11.1. The maximum absolute atomic E-state index is 4.03. The molecule has 0 nitrogen and oxygen atoms in total. The van der Waals surface area contributed by atoms with Gasteiger partial charge < -0.3 is 0 Å². The third kappa shape index (κ3) is 2.12. The van der Waals surface area contributed by atoms with E-state index in [-0.39, 0.29) is 0 Å². The van der Waals surface area contributed by atoms with E-state index in [4.69, 9.17) is 0 Å². The van der Waals surface area contributed by atoms with Gasteiger partial charge in [-0.1, -0.05) is 74.5 Å². The van der Waals surface area contributed by atoms with Crippen molar-refractivity contribution in [1.82, 2.24) is 0 Å². The summed E-state index contributed by atoms with van der Waals surface area (Å²) < 4.78 is 0. The second-order valence-electron chi connectivity index (χ2n) is 5.33. The first-order chi connectivity index (χ1) is 9.85. The van der Waals surface area contributed by atoms with E-state index < -0.39 is 0 Å². The SMILES string of the molecule is C=Cc1c(CCCC)ccc2c1ccc1ccccc12. The van der Waals surface area contributed by atoms with E-state index in [1.54, 1.807) is 0 Å². The van der Waals surface area contributed by atoms with Crippen LogP contribution < -0.4 is 0 Å². The van der Waals surface area contributed by atoms with Crippen LogP contribution in [0, 0.1) is 0 Å². The molecule has 0 atom stereocenters. The lowest BCUT2D eigenvalue weighted by molar-refractivity contribution is 0.795. The highest BCUT2D eigenvalue weighted by Crippen LogP contribution is 2.30. The first-order valence-corrected chi connectivity index (χ1v) is 7.41. The molecule has 20 heavy (non-hydrogen) atoms. The lowest BCUT2D eigenvalue weighted by atomic mass is 9.93. The summed E-state index contributed by atoms with van der Waals surface area (Å²) >= 11 is 0. The lowest BCUT2D eigenvalue weighted by Gasteiger charge is -2.11. The lowest BCUT2D eigenvalue weighted by Crippen LogP contribution is -1.91. The van der Waals surface area contributed by atoms with Gasteiger partial charge in [-0.15, -0.1) is 0 Å². The average molecular weight is 260 g/mol. The maximum atomic E-state index is 4.03. The van der Waals surface area contributed by atoms with Crippen molar-refractivity contribution < 1.29 is 0 Å². The van der Waals surface area contributed by atoms with Gasteiger partial charge in [0.2, 0.25) is 0 Å². The van der Waals surface area contributed by atoms with Crippen molar-refractivity contribution in [2.75, 3.05) is 0 Å². The predicted octanol–water partition coefficient (Wildman–Crippen LogP) is 5.98. The molecule has 0 saturated carbocycles. The van der Waals surface area contributed by atoms with Crippen molar-refractivity contribution >= 4 is 27.6 Å². The third-order valence-corrected chi connectivity index (χ3v) is 4.06. The van der Waals surface area contributed by atoms with Crippen molar-refractivity contribution in [3.63, 3.8) is 0 Å². The summed E-state index contributed by atoms with van der Waals surface area (Å²) in [6.45, 7) is 6.27. The quantitative estimate of drug-likeness (QED) is 0.506. The zero-order chi connectivity index (χ0) is 13.9. The van der Waals surface area contributed by atoms with Gasteiger partial charge in [-0.3, -0.25) is 0 Å². The largest absolute Gasteiger partial charge is 0.0984 e. The Morgan fingerprint density at radius 2 is 1.70 bits per heavy atom. The molecule has 0 saturated heterocycles. The van der Waals surface area contributed by atoms with Gasteiger partial charge in [-0.2, -0.15) is 0 Å². The summed E-state index contributed by atoms with van der Waals surface area (Å²) in [6, 6.07) is 17.6. The topological polar surface area (TPSA) is 0 Å². The van der Waals surface area contributed by atoms with E-state index >= 15 is 0 Å². The Kier molecular flexibility index (Phi) is 3.56. The fraction of sp³-hybridized carbons (Fsp3) is 0.200. The molecule has 0 spiro atoms. The number of aryl methyl sites for hydroxylation is 1. The van der Waals surface area contributed by atoms with Gasteiger partial charge in [0.1, 0.15) is 0 Å². The van der Waals surface area contributed by atoms with Crippen molar-refractivity contribution in [2.24, 2.45) is 0 Å². The van der Waals surface area contributed by atoms with Crippen LogP contribution in [0.4, 0.5) is 0 Å². The van der Waals surface area contributed by atoms with Gasteiger partial charge in [-0.05, 0) is 45.5 Å². The van der Waals surface area contributed by atoms with Crippen LogP contribution in [0.2, 0.25) is 0 Å². The first kappa shape index (κ1) is 12.9. The zero-order valence-corrected chi connectivity index (χ0v) is 12.0. The second kappa shape index (κ2) is 5.50. The van der Waals surface area contributed by atoms with E-state index in [0.29, 0.717) is 0 Å². The molecule has 0 aromatic heterocycles. The Hall–Kier alpha value is -2.08. The summed E-state index contributed by atoms with van der Waals surface area (Å²) in [5.74, 6) is 0. The van der Waals surface area contributed by atoms with Crippen molar-refractivity contribution in [1.29, 1.82) is 0 Å². The minimum atomic E-state index is 1.14. The van der Waals surface area contributed by atoms with Gasteiger partial charge in [0.25, 0.3) is 0 Å². The predicted molar refractivity (Wildman–Crippen MR) is 90.2 cm³/mol. The minimum Gasteiger partial charge on any atom is -0.0984 e. The molecule has 0 heteroatoms. The molecule has 3 aromatic carbocycles. The minimum absolute atomic E-state index is 1.14. The highest BCUT2D eigenvalue weighted by molar-refractivity contribution is 6.10. The van der Waals surface area contributed by atoms with Crippen LogP contribution in [-0.4, -0.2) is 0 Å². The Bertz CT molecular complexity index is 765. The van der Waals surface area contributed by atoms with E-state index in [2.05, 4.69) is 62.0 Å². The van der Waals surface area contributed by atoms with Gasteiger partial charge in [-0.25, -0.2) is 0 Å². The van der Waals surface area contributed by atoms with Crippen LogP contribution in [0.25, 0.3) is 27.6 Å². The Labute approximate surface area is 120 Å². The highest BCUT2D eigenvalue weighted by Gasteiger charge is 2.07. The third-order valence-electron chi connectivity index (χ3n) is 4.06. The van der Waals surface area contributed by atoms with E-state index in [1.165, 1.54) is 45.5 Å². The molecule has 0 heterocycles. The van der Waals surface area contributed by atoms with Gasteiger partial charge in [0, 0.05) is 0 Å². The number of unbranched alkanes of at least 4 members (excludes halogenated alkanes) is 1. The Morgan fingerprint density at radius 3 is 2.50 bits per heavy atom. The molecule has 0 aliphatic rings. The van der Waals surface area contributed by atoms with Crippen LogP contribution in [0.3, 0.4) is 0 Å². The van der Waals surface area contributed by atoms with Crippen LogP contribution in [0.5, 0.6) is 0 Å². The summed E-state index contributed by atoms with van der Waals surface area (Å²) in [5, 5.41) is 5.29. The Balaban J connectivity index is 2.29. The van der Waals surface area contributed by atoms with E-state index in [0.717, 1.165) is 6.42 Å². The molecule has 0 aliphatic heterocycles. The molecule has 3 aromatic rings. The highest BCUT2D eigenvalue weighted by atomic mass is 14.1. The molecule has 0 aliphatic carbocycles. The van der Waals surface area contributed by atoms with Crippen molar-refractivity contribution in [3.8, 4) is 0 Å². The average Bonchev–Trinajstić information content (AvgIpc) is 2.51. The molecular formula is C20H20. The summed E-state index contributed by atoms with van der Waals surface area (Å²) in [6.07, 6.45) is 5.62. The molecule has 3 rings (SSSR count). The van der Waals surface area contributed by atoms with Crippen LogP contribution >= 0.6 is 0 Å². The van der Waals surface area contributed by atoms with Crippen LogP contribution in [-0.2, 0) is 6.42 Å². The van der Waals surface area contributed by atoms with Gasteiger partial charge in [0.05, 0.1) is 0 Å². The molecule has 0 radical (unpaired) electrons. The number of benzene rings is 3. The summed E-state index contributed by atoms with van der Waals surface area (Å²) in [4.78, 5) is 0. The monoisotopic (exact) mass is 260 g/mol. The molecular weight excluding hydrogens is 240 g/mol. The van der Waals surface area contributed by atoms with Crippen LogP contribution in [0.1, 0.15) is 30.9 Å². The fourth-order valence-electron chi connectivity index (χ4n) is 2.98. The van der Waals surface area contributed by atoms with Crippen molar-refractivity contribution in [3.05, 3.63) is 66.2 Å². The summed E-state index contributed by atoms with van der Waals surface area (Å²) in [7, 11) is 0. The van der Waals surface area contributed by atoms with E-state index in [9.17, 15) is 0 Å². The Morgan fingerprint density at radius 1 is 0.900 bits per heavy atom. The number of hydrogen-bond donors (Lipinski definition) is 0. The molecule has 0 fully saturated rings.